The molecule has 24 heavy (non-hydrogen) atoms. The van der Waals surface area contributed by atoms with E-state index in [-0.39, 0.29) is 12.8 Å². The molecule has 0 spiro atoms. The SMILES string of the molecule is Cc1cc2n(n1)C(C)N=C(Br)C(CC=CCC=CCO)=CCC=N2. The first-order chi connectivity index (χ1) is 11.6. The highest BCUT2D eigenvalue weighted by Gasteiger charge is 2.13. The molecule has 0 fully saturated rings. The molecule has 128 valence electrons. The lowest BCUT2D eigenvalue weighted by atomic mass is 10.1. The minimum atomic E-state index is -0.127. The predicted octanol–water partition coefficient (Wildman–Crippen LogP) is 4.42. The lowest BCUT2D eigenvalue weighted by molar-refractivity contribution is 0.342. The van der Waals surface area contributed by atoms with Crippen LogP contribution in [-0.2, 0) is 0 Å². The van der Waals surface area contributed by atoms with E-state index in [1.165, 1.54) is 0 Å². The summed E-state index contributed by atoms with van der Waals surface area (Å²) >= 11 is 3.61. The monoisotopic (exact) mass is 390 g/mol. The van der Waals surface area contributed by atoms with Crippen LogP contribution in [0.5, 0.6) is 0 Å². The predicted molar refractivity (Wildman–Crippen MR) is 103 cm³/mol. The van der Waals surface area contributed by atoms with Crippen LogP contribution in [0.4, 0.5) is 5.82 Å². The van der Waals surface area contributed by atoms with Crippen molar-refractivity contribution in [2.75, 3.05) is 6.61 Å². The van der Waals surface area contributed by atoms with Crippen molar-refractivity contribution in [2.24, 2.45) is 9.98 Å². The van der Waals surface area contributed by atoms with E-state index in [4.69, 9.17) is 10.1 Å². The van der Waals surface area contributed by atoms with Gasteiger partial charge < -0.3 is 5.11 Å². The second kappa shape index (κ2) is 9.49. The highest BCUT2D eigenvalue weighted by molar-refractivity contribution is 9.18. The number of aliphatic imine (C=N–C) groups is 2. The Bertz CT molecular complexity index is 698. The standard InChI is InChI=1S/C18H23BrN4O/c1-14-13-17-20-11-8-10-16(9-6-4-3-5-7-12-24)18(19)21-15(2)23(17)22-14/h4-7,10-11,13,15,24H,3,8-9,12H2,1-2H3. The summed E-state index contributed by atoms with van der Waals surface area (Å²) < 4.78 is 2.69. The highest BCUT2D eigenvalue weighted by atomic mass is 79.9. The van der Waals surface area contributed by atoms with Crippen LogP contribution in [-0.4, -0.2) is 32.3 Å². The van der Waals surface area contributed by atoms with Crippen LogP contribution in [0.1, 0.15) is 38.0 Å². The molecule has 1 N–H and O–H groups in total. The fourth-order valence-corrected chi connectivity index (χ4v) is 2.94. The minimum absolute atomic E-state index is 0.0866. The second-order valence-corrected chi connectivity index (χ2v) is 6.23. The van der Waals surface area contributed by atoms with Crippen LogP contribution in [0.15, 0.2) is 52.0 Å². The van der Waals surface area contributed by atoms with E-state index in [0.29, 0.717) is 0 Å². The maximum Gasteiger partial charge on any atom is 0.152 e. The summed E-state index contributed by atoms with van der Waals surface area (Å²) in [5.74, 6) is 0.830. The zero-order valence-corrected chi connectivity index (χ0v) is 15.6. The average Bonchev–Trinajstić information content (AvgIpc) is 2.92. The van der Waals surface area contributed by atoms with Crippen molar-refractivity contribution in [1.82, 2.24) is 9.78 Å². The van der Waals surface area contributed by atoms with E-state index in [9.17, 15) is 0 Å². The molecule has 1 aromatic rings. The molecule has 2 rings (SSSR count). The van der Waals surface area contributed by atoms with Gasteiger partial charge in [0.1, 0.15) is 10.8 Å². The Kier molecular flexibility index (Phi) is 7.34. The minimum Gasteiger partial charge on any atom is -0.392 e. The molecular weight excluding hydrogens is 368 g/mol. The number of rotatable bonds is 5. The van der Waals surface area contributed by atoms with Crippen molar-refractivity contribution in [1.29, 1.82) is 0 Å². The van der Waals surface area contributed by atoms with E-state index in [1.807, 2.05) is 36.9 Å². The van der Waals surface area contributed by atoms with Gasteiger partial charge in [0.25, 0.3) is 0 Å². The van der Waals surface area contributed by atoms with E-state index in [1.54, 1.807) is 6.08 Å². The van der Waals surface area contributed by atoms with Gasteiger partial charge in [0.15, 0.2) is 5.82 Å². The van der Waals surface area contributed by atoms with Gasteiger partial charge in [-0.15, -0.1) is 0 Å². The molecule has 2 heterocycles. The molecule has 0 aliphatic carbocycles. The molecule has 1 aliphatic rings. The molecule has 0 saturated heterocycles. The maximum absolute atomic E-state index is 8.70. The van der Waals surface area contributed by atoms with Crippen LogP contribution in [0.2, 0.25) is 0 Å². The number of aliphatic hydroxyl groups is 1. The van der Waals surface area contributed by atoms with Crippen molar-refractivity contribution in [3.63, 3.8) is 0 Å². The number of allylic oxidation sites excluding steroid dienone is 5. The summed E-state index contributed by atoms with van der Waals surface area (Å²) in [6.07, 6.45) is 14.1. The van der Waals surface area contributed by atoms with Gasteiger partial charge in [-0.05, 0) is 48.2 Å². The lowest BCUT2D eigenvalue weighted by Crippen LogP contribution is -2.08. The fraction of sp³-hybridized carbons (Fsp3) is 0.389. The Balaban J connectivity index is 2.13. The summed E-state index contributed by atoms with van der Waals surface area (Å²) in [7, 11) is 0. The lowest BCUT2D eigenvalue weighted by Gasteiger charge is -2.12. The van der Waals surface area contributed by atoms with E-state index < -0.39 is 0 Å². The van der Waals surface area contributed by atoms with Gasteiger partial charge in [0, 0.05) is 18.7 Å². The summed E-state index contributed by atoms with van der Waals surface area (Å²) in [4.78, 5) is 9.22. The normalized spacial score (nSPS) is 18.8. The Hall–Kier alpha value is -1.79. The summed E-state index contributed by atoms with van der Waals surface area (Å²) in [6.45, 7) is 4.05. The largest absolute Gasteiger partial charge is 0.392 e. The van der Waals surface area contributed by atoms with Crippen molar-refractivity contribution in [3.8, 4) is 0 Å². The van der Waals surface area contributed by atoms with Crippen molar-refractivity contribution < 1.29 is 5.11 Å². The first kappa shape index (κ1) is 18.5. The van der Waals surface area contributed by atoms with Crippen molar-refractivity contribution in [3.05, 3.63) is 47.7 Å². The molecule has 0 saturated carbocycles. The van der Waals surface area contributed by atoms with Crippen LogP contribution >= 0.6 is 15.9 Å². The van der Waals surface area contributed by atoms with Crippen molar-refractivity contribution >= 4 is 32.6 Å². The number of hydrogen-bond donors (Lipinski definition) is 1. The van der Waals surface area contributed by atoms with E-state index in [0.717, 1.165) is 41.0 Å². The van der Waals surface area contributed by atoms with Gasteiger partial charge in [-0.3, -0.25) is 4.99 Å². The summed E-state index contributed by atoms with van der Waals surface area (Å²) in [5.41, 5.74) is 2.06. The third-order valence-corrected chi connectivity index (χ3v) is 4.21. The molecule has 1 atom stereocenters. The molecule has 0 amide bonds. The van der Waals surface area contributed by atoms with Gasteiger partial charge in [-0.25, -0.2) is 9.67 Å². The Morgan fingerprint density at radius 1 is 1.33 bits per heavy atom. The van der Waals surface area contributed by atoms with Gasteiger partial charge >= 0.3 is 0 Å². The Morgan fingerprint density at radius 3 is 2.92 bits per heavy atom. The van der Waals surface area contributed by atoms with Crippen LogP contribution < -0.4 is 0 Å². The van der Waals surface area contributed by atoms with E-state index >= 15 is 0 Å². The van der Waals surface area contributed by atoms with Gasteiger partial charge in [-0.2, -0.15) is 5.10 Å². The maximum atomic E-state index is 8.70. The van der Waals surface area contributed by atoms with Gasteiger partial charge in [-0.1, -0.05) is 30.4 Å². The molecule has 0 radical (unpaired) electrons. The molecular formula is C18H23BrN4O. The molecule has 1 aromatic heterocycles. The van der Waals surface area contributed by atoms with Gasteiger partial charge in [0.05, 0.1) is 12.3 Å². The fourth-order valence-electron chi connectivity index (χ4n) is 2.32. The van der Waals surface area contributed by atoms with Crippen LogP contribution in [0.3, 0.4) is 0 Å². The number of aryl methyl sites for hydroxylation is 1. The second-order valence-electron chi connectivity index (χ2n) is 5.48. The first-order valence-electron chi connectivity index (χ1n) is 8.04. The molecule has 6 heteroatoms. The third kappa shape index (κ3) is 5.39. The first-order valence-corrected chi connectivity index (χ1v) is 8.83. The molecule has 0 bridgehead atoms. The Morgan fingerprint density at radius 2 is 2.12 bits per heavy atom. The summed E-state index contributed by atoms with van der Waals surface area (Å²) in [5, 5.41) is 13.2. The molecule has 1 aliphatic heterocycles. The Labute approximate surface area is 151 Å². The number of hydrogen-bond acceptors (Lipinski definition) is 4. The number of aliphatic hydroxyl groups excluding tert-OH is 1. The number of nitrogens with zero attached hydrogens (tertiary/aromatic N) is 4. The summed E-state index contributed by atoms with van der Waals surface area (Å²) in [6, 6.07) is 1.96. The zero-order chi connectivity index (χ0) is 17.4. The van der Waals surface area contributed by atoms with Crippen LogP contribution in [0.25, 0.3) is 0 Å². The smallest absolute Gasteiger partial charge is 0.152 e. The van der Waals surface area contributed by atoms with Crippen LogP contribution in [0, 0.1) is 6.92 Å². The zero-order valence-electron chi connectivity index (χ0n) is 14.1. The quantitative estimate of drug-likeness (QED) is 0.756. The van der Waals surface area contributed by atoms with Crippen molar-refractivity contribution in [2.45, 2.75) is 39.3 Å². The molecule has 1 unspecified atom stereocenters. The molecule has 5 nitrogen and oxygen atoms in total. The molecule has 0 aromatic carbocycles. The van der Waals surface area contributed by atoms with Gasteiger partial charge in [0.2, 0.25) is 0 Å². The number of halogens is 1. The third-order valence-electron chi connectivity index (χ3n) is 3.50. The van der Waals surface area contributed by atoms with E-state index in [2.05, 4.69) is 44.2 Å². The number of fused-ring (bicyclic) bond motifs is 1. The average molecular weight is 391 g/mol. The highest BCUT2D eigenvalue weighted by Crippen LogP contribution is 2.23. The number of aromatic nitrogens is 2. The topological polar surface area (TPSA) is 62.8 Å².